The number of hydrogen-bond donors (Lipinski definition) is 2. The van der Waals surface area contributed by atoms with Gasteiger partial charge < -0.3 is 16.0 Å². The third-order valence-corrected chi connectivity index (χ3v) is 4.38. The van der Waals surface area contributed by atoms with Crippen LogP contribution in [0.3, 0.4) is 0 Å². The fourth-order valence-electron chi connectivity index (χ4n) is 3.18. The molecule has 2 aliphatic rings. The Labute approximate surface area is 126 Å². The molecule has 0 aromatic carbocycles. The number of aliphatic imine (C=N–C) groups is 1. The van der Waals surface area contributed by atoms with Gasteiger partial charge in [-0.3, -0.25) is 0 Å². The number of rotatable bonds is 4. The Kier molecular flexibility index (Phi) is 4.58. The molecule has 0 spiro atoms. The van der Waals surface area contributed by atoms with Crippen molar-refractivity contribution in [1.29, 1.82) is 0 Å². The summed E-state index contributed by atoms with van der Waals surface area (Å²) in [6, 6.07) is 4.68. The number of nitrogens with two attached hydrogens (primary N) is 1. The Balaban J connectivity index is 1.57. The predicted molar refractivity (Wildman–Crippen MR) is 86.4 cm³/mol. The highest BCUT2D eigenvalue weighted by Gasteiger charge is 2.15. The molecular weight excluding hydrogens is 262 g/mol. The van der Waals surface area contributed by atoms with Crippen molar-refractivity contribution in [3.63, 3.8) is 0 Å². The molecule has 1 aromatic rings. The zero-order valence-electron chi connectivity index (χ0n) is 12.6. The highest BCUT2D eigenvalue weighted by molar-refractivity contribution is 5.78. The Bertz CT molecular complexity index is 487. The van der Waals surface area contributed by atoms with Gasteiger partial charge in [-0.25, -0.2) is 9.98 Å². The fourth-order valence-corrected chi connectivity index (χ4v) is 3.18. The van der Waals surface area contributed by atoms with Gasteiger partial charge >= 0.3 is 0 Å². The number of pyridine rings is 1. The SMILES string of the molecule is NC(=NCc1ccnc(N2CCCC2)c1)NC1CCCC1. The van der Waals surface area contributed by atoms with Gasteiger partial charge in [0.1, 0.15) is 5.82 Å². The second-order valence-corrected chi connectivity index (χ2v) is 6.04. The van der Waals surface area contributed by atoms with Crippen LogP contribution in [-0.4, -0.2) is 30.1 Å². The zero-order valence-corrected chi connectivity index (χ0v) is 12.6. The van der Waals surface area contributed by atoms with Gasteiger partial charge in [-0.15, -0.1) is 0 Å². The van der Waals surface area contributed by atoms with Crippen LogP contribution < -0.4 is 16.0 Å². The van der Waals surface area contributed by atoms with Crippen LogP contribution in [0.2, 0.25) is 0 Å². The van der Waals surface area contributed by atoms with Crippen LogP contribution in [0.4, 0.5) is 5.82 Å². The summed E-state index contributed by atoms with van der Waals surface area (Å²) in [5.74, 6) is 1.64. The first kappa shape index (κ1) is 14.2. The molecule has 1 aliphatic carbocycles. The topological polar surface area (TPSA) is 66.5 Å². The zero-order chi connectivity index (χ0) is 14.5. The molecule has 3 rings (SSSR count). The van der Waals surface area contributed by atoms with Crippen LogP contribution in [0.1, 0.15) is 44.1 Å². The number of anilines is 1. The van der Waals surface area contributed by atoms with E-state index in [1.54, 1.807) is 0 Å². The van der Waals surface area contributed by atoms with E-state index in [9.17, 15) is 0 Å². The van der Waals surface area contributed by atoms with Gasteiger partial charge in [0.25, 0.3) is 0 Å². The van der Waals surface area contributed by atoms with Gasteiger partial charge in [-0.05, 0) is 43.4 Å². The lowest BCUT2D eigenvalue weighted by Crippen LogP contribution is -2.38. The molecule has 0 unspecified atom stereocenters. The van der Waals surface area contributed by atoms with Gasteiger partial charge in [0.2, 0.25) is 0 Å². The number of nitrogens with zero attached hydrogens (tertiary/aromatic N) is 3. The lowest BCUT2D eigenvalue weighted by atomic mass is 10.2. The van der Waals surface area contributed by atoms with Crippen LogP contribution in [0.5, 0.6) is 0 Å². The van der Waals surface area contributed by atoms with Crippen molar-refractivity contribution >= 4 is 11.8 Å². The van der Waals surface area contributed by atoms with Gasteiger partial charge in [-0.1, -0.05) is 12.8 Å². The fraction of sp³-hybridized carbons (Fsp3) is 0.625. The molecule has 2 fully saturated rings. The molecule has 1 saturated carbocycles. The average Bonchev–Trinajstić information content (AvgIpc) is 3.19. The van der Waals surface area contributed by atoms with Crippen molar-refractivity contribution in [2.45, 2.75) is 51.1 Å². The van der Waals surface area contributed by atoms with E-state index in [0.717, 1.165) is 18.9 Å². The van der Waals surface area contributed by atoms with Crippen molar-refractivity contribution < 1.29 is 0 Å². The summed E-state index contributed by atoms with van der Waals surface area (Å²) in [7, 11) is 0. The summed E-state index contributed by atoms with van der Waals surface area (Å²) in [5.41, 5.74) is 7.14. The monoisotopic (exact) mass is 287 g/mol. The molecule has 1 aromatic heterocycles. The highest BCUT2D eigenvalue weighted by atomic mass is 15.2. The predicted octanol–water partition coefficient (Wildman–Crippen LogP) is 2.03. The number of aromatic nitrogens is 1. The molecule has 1 aliphatic heterocycles. The molecule has 0 atom stereocenters. The van der Waals surface area contributed by atoms with Crippen LogP contribution in [0.25, 0.3) is 0 Å². The van der Waals surface area contributed by atoms with Crippen LogP contribution in [0.15, 0.2) is 23.3 Å². The average molecular weight is 287 g/mol. The first-order valence-electron chi connectivity index (χ1n) is 8.07. The minimum absolute atomic E-state index is 0.520. The van der Waals surface area contributed by atoms with Gasteiger partial charge in [0, 0.05) is 25.3 Å². The lowest BCUT2D eigenvalue weighted by Gasteiger charge is -2.16. The molecular formula is C16H25N5. The quantitative estimate of drug-likeness (QED) is 0.657. The maximum absolute atomic E-state index is 5.97. The molecule has 3 N–H and O–H groups in total. The normalized spacial score (nSPS) is 20.2. The Morgan fingerprint density at radius 3 is 2.81 bits per heavy atom. The van der Waals surface area contributed by atoms with E-state index < -0.39 is 0 Å². The number of guanidine groups is 1. The van der Waals surface area contributed by atoms with Crippen molar-refractivity contribution in [2.24, 2.45) is 10.7 Å². The van der Waals surface area contributed by atoms with Crippen LogP contribution in [0, 0.1) is 0 Å². The van der Waals surface area contributed by atoms with E-state index >= 15 is 0 Å². The summed E-state index contributed by atoms with van der Waals surface area (Å²) < 4.78 is 0. The maximum atomic E-state index is 5.97. The molecule has 0 radical (unpaired) electrons. The second kappa shape index (κ2) is 6.78. The Morgan fingerprint density at radius 1 is 1.29 bits per heavy atom. The molecule has 2 heterocycles. The Morgan fingerprint density at radius 2 is 2.05 bits per heavy atom. The largest absolute Gasteiger partial charge is 0.370 e. The first-order valence-corrected chi connectivity index (χ1v) is 8.07. The maximum Gasteiger partial charge on any atom is 0.189 e. The van der Waals surface area contributed by atoms with Crippen molar-refractivity contribution in [3.8, 4) is 0 Å². The molecule has 5 heteroatoms. The molecule has 0 bridgehead atoms. The van der Waals surface area contributed by atoms with E-state index in [1.807, 2.05) is 12.3 Å². The van der Waals surface area contributed by atoms with E-state index in [0.29, 0.717) is 18.5 Å². The van der Waals surface area contributed by atoms with Crippen LogP contribution in [-0.2, 0) is 6.54 Å². The third kappa shape index (κ3) is 3.86. The molecule has 114 valence electrons. The standard InChI is InChI=1S/C16H25N5/c17-16(20-14-5-1-2-6-14)19-12-13-7-8-18-15(11-13)21-9-3-4-10-21/h7-8,11,14H,1-6,9-10,12H2,(H3,17,19,20). The highest BCUT2D eigenvalue weighted by Crippen LogP contribution is 2.19. The summed E-state index contributed by atoms with van der Waals surface area (Å²) in [4.78, 5) is 11.3. The lowest BCUT2D eigenvalue weighted by molar-refractivity contribution is 0.625. The van der Waals surface area contributed by atoms with Crippen molar-refractivity contribution in [3.05, 3.63) is 23.9 Å². The van der Waals surface area contributed by atoms with Gasteiger partial charge in [0.15, 0.2) is 5.96 Å². The summed E-state index contributed by atoms with van der Waals surface area (Å²) in [5, 5.41) is 3.32. The van der Waals surface area contributed by atoms with Crippen molar-refractivity contribution in [2.75, 3.05) is 18.0 Å². The van der Waals surface area contributed by atoms with Crippen molar-refractivity contribution in [1.82, 2.24) is 10.3 Å². The first-order chi connectivity index (χ1) is 10.3. The van der Waals surface area contributed by atoms with E-state index in [4.69, 9.17) is 5.73 Å². The van der Waals surface area contributed by atoms with E-state index in [2.05, 4.69) is 26.3 Å². The van der Waals surface area contributed by atoms with E-state index in [1.165, 1.54) is 44.1 Å². The molecule has 21 heavy (non-hydrogen) atoms. The van der Waals surface area contributed by atoms with Crippen LogP contribution >= 0.6 is 0 Å². The smallest absolute Gasteiger partial charge is 0.189 e. The Hall–Kier alpha value is -1.78. The number of nitrogens with one attached hydrogen (secondary N) is 1. The summed E-state index contributed by atoms with van der Waals surface area (Å²) in [6.45, 7) is 2.85. The summed E-state index contributed by atoms with van der Waals surface area (Å²) in [6.07, 6.45) is 9.43. The molecule has 1 saturated heterocycles. The van der Waals surface area contributed by atoms with E-state index in [-0.39, 0.29) is 0 Å². The summed E-state index contributed by atoms with van der Waals surface area (Å²) >= 11 is 0. The minimum atomic E-state index is 0.520. The van der Waals surface area contributed by atoms with Gasteiger partial charge in [0.05, 0.1) is 6.54 Å². The molecule has 0 amide bonds. The third-order valence-electron chi connectivity index (χ3n) is 4.38. The number of hydrogen-bond acceptors (Lipinski definition) is 3. The van der Waals surface area contributed by atoms with Gasteiger partial charge in [-0.2, -0.15) is 0 Å². The minimum Gasteiger partial charge on any atom is -0.370 e. The molecule has 5 nitrogen and oxygen atoms in total. The second-order valence-electron chi connectivity index (χ2n) is 6.04.